The molecule has 0 bridgehead atoms. The SMILES string of the molecule is CCCCC1(C)CC(C(=O)O)=NO1. The van der Waals surface area contributed by atoms with Crippen LogP contribution in [0.1, 0.15) is 39.5 Å². The summed E-state index contributed by atoms with van der Waals surface area (Å²) in [5.74, 6) is -0.972. The number of hydrogen-bond acceptors (Lipinski definition) is 3. The highest BCUT2D eigenvalue weighted by Gasteiger charge is 2.36. The van der Waals surface area contributed by atoms with Gasteiger partial charge in [0.25, 0.3) is 0 Å². The van der Waals surface area contributed by atoms with Gasteiger partial charge in [0.2, 0.25) is 0 Å². The van der Waals surface area contributed by atoms with Gasteiger partial charge >= 0.3 is 5.97 Å². The molecule has 74 valence electrons. The van der Waals surface area contributed by atoms with Crippen LogP contribution in [-0.2, 0) is 9.63 Å². The molecule has 0 saturated heterocycles. The number of rotatable bonds is 4. The summed E-state index contributed by atoms with van der Waals surface area (Å²) in [6, 6.07) is 0. The van der Waals surface area contributed by atoms with E-state index in [0.29, 0.717) is 6.42 Å². The lowest BCUT2D eigenvalue weighted by atomic mass is 9.94. The van der Waals surface area contributed by atoms with Gasteiger partial charge in [0, 0.05) is 6.42 Å². The fraction of sp³-hybridized carbons (Fsp3) is 0.778. The van der Waals surface area contributed by atoms with Crippen LogP contribution in [0.3, 0.4) is 0 Å². The molecule has 0 spiro atoms. The van der Waals surface area contributed by atoms with E-state index in [4.69, 9.17) is 9.94 Å². The average molecular weight is 185 g/mol. The lowest BCUT2D eigenvalue weighted by Gasteiger charge is -2.20. The summed E-state index contributed by atoms with van der Waals surface area (Å²) in [7, 11) is 0. The van der Waals surface area contributed by atoms with Gasteiger partial charge in [0.1, 0.15) is 5.60 Å². The number of unbranched alkanes of at least 4 members (excludes halogenated alkanes) is 1. The monoisotopic (exact) mass is 185 g/mol. The van der Waals surface area contributed by atoms with Crippen molar-refractivity contribution in [2.24, 2.45) is 5.16 Å². The lowest BCUT2D eigenvalue weighted by Crippen LogP contribution is -2.26. The van der Waals surface area contributed by atoms with E-state index in [1.54, 1.807) is 0 Å². The van der Waals surface area contributed by atoms with E-state index in [1.165, 1.54) is 0 Å². The standard InChI is InChI=1S/C9H15NO3/c1-3-4-5-9(2)6-7(8(11)12)10-13-9/h3-6H2,1-2H3,(H,11,12). The molecule has 0 amide bonds. The first-order valence-electron chi connectivity index (χ1n) is 4.56. The van der Waals surface area contributed by atoms with E-state index in [9.17, 15) is 4.79 Å². The molecule has 0 aromatic rings. The topological polar surface area (TPSA) is 58.9 Å². The van der Waals surface area contributed by atoms with Crippen LogP contribution in [0.4, 0.5) is 0 Å². The van der Waals surface area contributed by atoms with Gasteiger partial charge in [0.05, 0.1) is 0 Å². The smallest absolute Gasteiger partial charge is 0.353 e. The van der Waals surface area contributed by atoms with Crippen molar-refractivity contribution in [3.8, 4) is 0 Å². The molecule has 4 nitrogen and oxygen atoms in total. The molecule has 0 aromatic heterocycles. The van der Waals surface area contributed by atoms with Crippen LogP contribution in [0, 0.1) is 0 Å². The molecule has 1 unspecified atom stereocenters. The van der Waals surface area contributed by atoms with Crippen LogP contribution in [0.2, 0.25) is 0 Å². The summed E-state index contributed by atoms with van der Waals surface area (Å²) in [5.41, 5.74) is -0.248. The van der Waals surface area contributed by atoms with Crippen LogP contribution in [0.25, 0.3) is 0 Å². The Morgan fingerprint density at radius 1 is 1.77 bits per heavy atom. The lowest BCUT2D eigenvalue weighted by molar-refractivity contribution is -0.129. The highest BCUT2D eigenvalue weighted by Crippen LogP contribution is 2.28. The van der Waals surface area contributed by atoms with Crippen molar-refractivity contribution in [2.75, 3.05) is 0 Å². The Kier molecular flexibility index (Phi) is 2.90. The third kappa shape index (κ3) is 2.44. The summed E-state index contributed by atoms with van der Waals surface area (Å²) >= 11 is 0. The third-order valence-electron chi connectivity index (χ3n) is 2.22. The zero-order chi connectivity index (χ0) is 9.90. The fourth-order valence-electron chi connectivity index (χ4n) is 1.38. The van der Waals surface area contributed by atoms with Crippen LogP contribution < -0.4 is 0 Å². The van der Waals surface area contributed by atoms with E-state index in [0.717, 1.165) is 19.3 Å². The Balaban J connectivity index is 2.46. The van der Waals surface area contributed by atoms with E-state index < -0.39 is 5.97 Å². The van der Waals surface area contributed by atoms with Crippen molar-refractivity contribution in [1.82, 2.24) is 0 Å². The number of hydrogen-bond donors (Lipinski definition) is 1. The minimum Gasteiger partial charge on any atom is -0.477 e. The predicted molar refractivity (Wildman–Crippen MR) is 48.7 cm³/mol. The molecular weight excluding hydrogens is 170 g/mol. The zero-order valence-corrected chi connectivity index (χ0v) is 8.04. The maximum absolute atomic E-state index is 10.6. The van der Waals surface area contributed by atoms with E-state index >= 15 is 0 Å². The zero-order valence-electron chi connectivity index (χ0n) is 8.04. The minimum atomic E-state index is -0.972. The first-order valence-corrected chi connectivity index (χ1v) is 4.56. The first kappa shape index (κ1) is 10.0. The van der Waals surface area contributed by atoms with Gasteiger partial charge in [0.15, 0.2) is 5.71 Å². The summed E-state index contributed by atoms with van der Waals surface area (Å²) in [4.78, 5) is 15.7. The number of carbonyl (C=O) groups is 1. The molecule has 1 rings (SSSR count). The van der Waals surface area contributed by atoms with Crippen LogP contribution >= 0.6 is 0 Å². The van der Waals surface area contributed by atoms with Gasteiger partial charge in [-0.1, -0.05) is 18.5 Å². The van der Waals surface area contributed by atoms with Crippen LogP contribution in [-0.4, -0.2) is 22.4 Å². The molecule has 13 heavy (non-hydrogen) atoms. The summed E-state index contributed by atoms with van der Waals surface area (Å²) in [6.07, 6.45) is 3.41. The quantitative estimate of drug-likeness (QED) is 0.726. The second-order valence-electron chi connectivity index (χ2n) is 3.66. The molecule has 4 heteroatoms. The van der Waals surface area contributed by atoms with Crippen LogP contribution in [0.15, 0.2) is 5.16 Å². The largest absolute Gasteiger partial charge is 0.477 e. The Morgan fingerprint density at radius 3 is 2.92 bits per heavy atom. The summed E-state index contributed by atoms with van der Waals surface area (Å²) < 4.78 is 0. The van der Waals surface area contributed by atoms with Crippen molar-refractivity contribution >= 4 is 11.7 Å². The highest BCUT2D eigenvalue weighted by atomic mass is 16.7. The molecule has 1 N–H and O–H groups in total. The molecule has 1 aliphatic rings. The van der Waals surface area contributed by atoms with Crippen molar-refractivity contribution in [3.05, 3.63) is 0 Å². The average Bonchev–Trinajstić information content (AvgIpc) is 2.46. The number of carboxylic acid groups (broad SMARTS) is 1. The van der Waals surface area contributed by atoms with Gasteiger partial charge in [-0.05, 0) is 19.8 Å². The number of aliphatic carboxylic acids is 1. The molecule has 1 heterocycles. The van der Waals surface area contributed by atoms with Crippen molar-refractivity contribution in [1.29, 1.82) is 0 Å². The second-order valence-corrected chi connectivity index (χ2v) is 3.66. The first-order chi connectivity index (χ1) is 6.07. The molecule has 0 aromatic carbocycles. The molecular formula is C9H15NO3. The Bertz CT molecular complexity index is 237. The molecule has 1 atom stereocenters. The normalized spacial score (nSPS) is 26.8. The van der Waals surface area contributed by atoms with Crippen molar-refractivity contribution in [2.45, 2.75) is 45.1 Å². The Labute approximate surface area is 77.6 Å². The van der Waals surface area contributed by atoms with Gasteiger partial charge in [-0.2, -0.15) is 0 Å². The van der Waals surface area contributed by atoms with E-state index in [-0.39, 0.29) is 11.3 Å². The molecule has 0 saturated carbocycles. The minimum absolute atomic E-state index is 0.138. The third-order valence-corrected chi connectivity index (χ3v) is 2.22. The van der Waals surface area contributed by atoms with Gasteiger partial charge in [-0.15, -0.1) is 0 Å². The maximum Gasteiger partial charge on any atom is 0.353 e. The second kappa shape index (κ2) is 3.77. The Hall–Kier alpha value is -1.06. The van der Waals surface area contributed by atoms with Gasteiger partial charge in [-0.3, -0.25) is 0 Å². The van der Waals surface area contributed by atoms with E-state index in [1.807, 2.05) is 6.92 Å². The van der Waals surface area contributed by atoms with Crippen molar-refractivity contribution in [3.63, 3.8) is 0 Å². The molecule has 0 aliphatic carbocycles. The molecule has 0 radical (unpaired) electrons. The summed E-state index contributed by atoms with van der Waals surface area (Å²) in [6.45, 7) is 4.00. The summed E-state index contributed by atoms with van der Waals surface area (Å²) in [5, 5.41) is 12.2. The molecule has 1 aliphatic heterocycles. The van der Waals surface area contributed by atoms with E-state index in [2.05, 4.69) is 12.1 Å². The number of nitrogens with zero attached hydrogens (tertiary/aromatic N) is 1. The van der Waals surface area contributed by atoms with Gasteiger partial charge < -0.3 is 9.94 Å². The predicted octanol–water partition coefficient (Wildman–Crippen LogP) is 1.80. The van der Waals surface area contributed by atoms with Crippen LogP contribution in [0.5, 0.6) is 0 Å². The maximum atomic E-state index is 10.6. The fourth-order valence-corrected chi connectivity index (χ4v) is 1.38. The highest BCUT2D eigenvalue weighted by molar-refractivity contribution is 6.36. The number of carboxylic acids is 1. The van der Waals surface area contributed by atoms with Gasteiger partial charge in [-0.25, -0.2) is 4.79 Å². The molecule has 0 fully saturated rings. The van der Waals surface area contributed by atoms with Crippen molar-refractivity contribution < 1.29 is 14.7 Å². The Morgan fingerprint density at radius 2 is 2.46 bits per heavy atom. The number of oxime groups is 1.